The van der Waals surface area contributed by atoms with Crippen molar-refractivity contribution in [3.63, 3.8) is 0 Å². The molecule has 0 spiro atoms. The maximum Gasteiger partial charge on any atom is 0.436 e. The molecule has 0 N–H and O–H groups in total. The van der Waals surface area contributed by atoms with Crippen molar-refractivity contribution >= 4 is 26.8 Å². The van der Waals surface area contributed by atoms with E-state index < -0.39 is 19.0 Å². The number of sulfone groups is 1. The van der Waals surface area contributed by atoms with Crippen LogP contribution in [0.4, 0.5) is 0 Å². The van der Waals surface area contributed by atoms with E-state index in [9.17, 15) is 8.42 Å². The smallest absolute Gasteiger partial charge is 0.359 e. The highest BCUT2D eigenvalue weighted by atomic mass is 32.2. The lowest BCUT2D eigenvalue weighted by molar-refractivity contribution is 0.00471. The van der Waals surface area contributed by atoms with Crippen molar-refractivity contribution in [2.45, 2.75) is 25.5 Å². The summed E-state index contributed by atoms with van der Waals surface area (Å²) in [7, 11) is -3.56. The normalized spacial score (nSPS) is 12.4. The molecule has 0 saturated heterocycles. The largest absolute Gasteiger partial charge is 0.436 e. The van der Waals surface area contributed by atoms with Gasteiger partial charge in [0.15, 0.2) is 0 Å². The number of thiol groups is 1. The lowest BCUT2D eigenvalue weighted by Crippen LogP contribution is -2.32. The molecule has 0 unspecified atom stereocenters. The van der Waals surface area contributed by atoms with Crippen LogP contribution in [0.1, 0.15) is 20.8 Å². The van der Waals surface area contributed by atoms with E-state index in [1.54, 1.807) is 0 Å². The van der Waals surface area contributed by atoms with Gasteiger partial charge in [0.1, 0.15) is 0 Å². The topological polar surface area (TPSA) is 70.5 Å². The first-order valence-electron chi connectivity index (χ1n) is 2.89. The summed E-state index contributed by atoms with van der Waals surface area (Å²) >= 11 is 3.52. The van der Waals surface area contributed by atoms with Crippen LogP contribution in [0.25, 0.3) is 5.53 Å². The Kier molecular flexibility index (Phi) is 2.88. The molecule has 0 aliphatic rings. The van der Waals surface area contributed by atoms with E-state index in [1.807, 2.05) is 0 Å². The quantitative estimate of drug-likeness (QED) is 0.203. The molecule has 0 radical (unpaired) electrons. The van der Waals surface area contributed by atoms with Crippen molar-refractivity contribution in [2.75, 3.05) is 0 Å². The monoisotopic (exact) mass is 194 g/mol. The first-order valence-corrected chi connectivity index (χ1v) is 4.82. The second-order valence-corrected chi connectivity index (χ2v) is 6.34. The average Bonchev–Trinajstić information content (AvgIpc) is 1.83. The number of nitrogens with zero attached hydrogens (tertiary/aromatic N) is 2. The minimum Gasteiger partial charge on any atom is -0.359 e. The SMILES string of the molecule is CC(C)(C)S(=O)(=O)C(S)=[N+]=[N-]. The Bertz CT molecular complexity index is 293. The van der Waals surface area contributed by atoms with Gasteiger partial charge in [0.05, 0.1) is 4.75 Å². The fraction of sp³-hybridized carbons (Fsp3) is 0.800. The van der Waals surface area contributed by atoms with Crippen molar-refractivity contribution in [3.05, 3.63) is 5.53 Å². The highest BCUT2D eigenvalue weighted by Gasteiger charge is 2.37. The first kappa shape index (κ1) is 10.7. The number of rotatable bonds is 0. The van der Waals surface area contributed by atoms with E-state index in [-0.39, 0.29) is 0 Å². The molecular weight excluding hydrogens is 184 g/mol. The van der Waals surface area contributed by atoms with E-state index in [2.05, 4.69) is 17.4 Å². The fourth-order valence-electron chi connectivity index (χ4n) is 0.328. The third-order valence-electron chi connectivity index (χ3n) is 1.13. The summed E-state index contributed by atoms with van der Waals surface area (Å²) in [4.78, 5) is 2.52. The molecule has 0 heterocycles. The van der Waals surface area contributed by atoms with Crippen LogP contribution in [-0.2, 0) is 9.84 Å². The van der Waals surface area contributed by atoms with E-state index in [0.29, 0.717) is 0 Å². The van der Waals surface area contributed by atoms with Crippen molar-refractivity contribution in [3.8, 4) is 0 Å². The standard InChI is InChI=1S/C5H10N2O2S2/c1-5(2,3)11(8,9)4(10)7-6/h10H,1-3H3. The molecule has 0 amide bonds. The van der Waals surface area contributed by atoms with E-state index in [0.717, 1.165) is 0 Å². The molecule has 0 bridgehead atoms. The molecule has 0 aliphatic carbocycles. The van der Waals surface area contributed by atoms with Crippen LogP contribution in [0.3, 0.4) is 0 Å². The fourth-order valence-corrected chi connectivity index (χ4v) is 1.80. The van der Waals surface area contributed by atoms with Gasteiger partial charge in [0, 0.05) is 0 Å². The van der Waals surface area contributed by atoms with Gasteiger partial charge in [-0.15, -0.1) is 4.79 Å². The molecule has 0 aromatic rings. The Morgan fingerprint density at radius 3 is 1.91 bits per heavy atom. The van der Waals surface area contributed by atoms with Gasteiger partial charge in [0.25, 0.3) is 9.84 Å². The Morgan fingerprint density at radius 1 is 1.45 bits per heavy atom. The van der Waals surface area contributed by atoms with Crippen molar-refractivity contribution in [1.82, 2.24) is 0 Å². The summed E-state index contributed by atoms with van der Waals surface area (Å²) in [5.41, 5.74) is 8.17. The van der Waals surface area contributed by atoms with E-state index in [4.69, 9.17) is 5.53 Å². The maximum absolute atomic E-state index is 11.2. The molecule has 0 saturated carbocycles. The zero-order valence-corrected chi connectivity index (χ0v) is 8.28. The highest BCUT2D eigenvalue weighted by molar-refractivity contribution is 8.27. The molecule has 11 heavy (non-hydrogen) atoms. The average molecular weight is 194 g/mol. The second kappa shape index (κ2) is 2.97. The van der Waals surface area contributed by atoms with Crippen LogP contribution in [0.15, 0.2) is 0 Å². The van der Waals surface area contributed by atoms with Gasteiger partial charge in [-0.3, -0.25) is 0 Å². The predicted octanol–water partition coefficient (Wildman–Crippen LogP) is 0.715. The van der Waals surface area contributed by atoms with Crippen LogP contribution >= 0.6 is 12.6 Å². The molecule has 0 aliphatic heterocycles. The summed E-state index contributed by atoms with van der Waals surface area (Å²) < 4.78 is 20.9. The Hall–Kier alpha value is -0.320. The summed E-state index contributed by atoms with van der Waals surface area (Å²) in [6.07, 6.45) is 0. The zero-order chi connectivity index (χ0) is 9.28. The van der Waals surface area contributed by atoms with Crippen LogP contribution in [0, 0.1) is 0 Å². The predicted molar refractivity (Wildman–Crippen MR) is 46.3 cm³/mol. The molecule has 0 aromatic carbocycles. The minimum absolute atomic E-state index is 0.551. The van der Waals surface area contributed by atoms with E-state index in [1.165, 1.54) is 20.8 Å². The third-order valence-corrected chi connectivity index (χ3v) is 4.12. The third kappa shape index (κ3) is 2.05. The maximum atomic E-state index is 11.2. The molecule has 0 aromatic heterocycles. The summed E-state index contributed by atoms with van der Waals surface area (Å²) in [6, 6.07) is 0. The van der Waals surface area contributed by atoms with Gasteiger partial charge in [-0.05, 0) is 33.4 Å². The van der Waals surface area contributed by atoms with Gasteiger partial charge in [-0.25, -0.2) is 8.42 Å². The van der Waals surface area contributed by atoms with Crippen LogP contribution < -0.4 is 0 Å². The van der Waals surface area contributed by atoms with Crippen molar-refractivity contribution in [1.29, 1.82) is 0 Å². The minimum atomic E-state index is -3.56. The lowest BCUT2D eigenvalue weighted by Gasteiger charge is -2.13. The summed E-state index contributed by atoms with van der Waals surface area (Å²) in [5, 5.41) is 0. The zero-order valence-electron chi connectivity index (χ0n) is 6.57. The first-order chi connectivity index (χ1) is 4.73. The highest BCUT2D eigenvalue weighted by Crippen LogP contribution is 2.17. The molecule has 64 valence electrons. The molecule has 0 fully saturated rings. The molecule has 0 atom stereocenters. The Labute approximate surface area is 71.6 Å². The molecule has 0 rings (SSSR count). The van der Waals surface area contributed by atoms with Crippen LogP contribution in [-0.4, -0.2) is 22.3 Å². The Balaban J connectivity index is 5.27. The van der Waals surface area contributed by atoms with E-state index >= 15 is 0 Å². The summed E-state index contributed by atoms with van der Waals surface area (Å²) in [5.74, 6) is 0. The van der Waals surface area contributed by atoms with Crippen LogP contribution in [0.5, 0.6) is 0 Å². The molecule has 6 heteroatoms. The number of hydrogen-bond acceptors (Lipinski definition) is 2. The van der Waals surface area contributed by atoms with Gasteiger partial charge in [0.2, 0.25) is 0 Å². The molecule has 4 nitrogen and oxygen atoms in total. The summed E-state index contributed by atoms with van der Waals surface area (Å²) in [6.45, 7) is 4.51. The van der Waals surface area contributed by atoms with Gasteiger partial charge in [-0.2, -0.15) is 0 Å². The van der Waals surface area contributed by atoms with Gasteiger partial charge < -0.3 is 5.53 Å². The Morgan fingerprint density at radius 2 is 1.82 bits per heavy atom. The van der Waals surface area contributed by atoms with Crippen molar-refractivity contribution in [2.24, 2.45) is 0 Å². The second-order valence-electron chi connectivity index (χ2n) is 3.00. The number of hydrogen-bond donors (Lipinski definition) is 1. The van der Waals surface area contributed by atoms with Gasteiger partial charge in [-0.1, -0.05) is 0 Å². The van der Waals surface area contributed by atoms with Crippen LogP contribution in [0.2, 0.25) is 0 Å². The molecular formula is C5H10N2O2S2. The lowest BCUT2D eigenvalue weighted by atomic mass is 10.3. The van der Waals surface area contributed by atoms with Gasteiger partial charge >= 0.3 is 4.38 Å². The van der Waals surface area contributed by atoms with Crippen molar-refractivity contribution < 1.29 is 13.2 Å².